The first-order chi connectivity index (χ1) is 15.3. The summed E-state index contributed by atoms with van der Waals surface area (Å²) in [7, 11) is 3.15. The Bertz CT molecular complexity index is 768. The molecule has 0 radical (unpaired) electrons. The van der Waals surface area contributed by atoms with Crippen LogP contribution in [0.15, 0.2) is 48.5 Å². The third-order valence-corrected chi connectivity index (χ3v) is 4.56. The quantitative estimate of drug-likeness (QED) is 0.422. The van der Waals surface area contributed by atoms with Gasteiger partial charge in [-0.05, 0) is 35.4 Å². The van der Waals surface area contributed by atoms with Gasteiger partial charge in [0, 0.05) is 26.6 Å². The van der Waals surface area contributed by atoms with E-state index in [9.17, 15) is 18.0 Å². The summed E-state index contributed by atoms with van der Waals surface area (Å²) in [5.74, 6) is 0.810. The van der Waals surface area contributed by atoms with Crippen LogP contribution in [-0.4, -0.2) is 57.1 Å². The molecule has 0 amide bonds. The van der Waals surface area contributed by atoms with Gasteiger partial charge in [-0.2, -0.15) is 0 Å². The number of hydrogen-bond donors (Lipinski definition) is 0. The van der Waals surface area contributed by atoms with E-state index in [0.29, 0.717) is 24.6 Å². The Morgan fingerprint density at radius 3 is 1.72 bits per heavy atom. The number of rotatable bonds is 13. The molecule has 9 heteroatoms. The average Bonchev–Trinajstić information content (AvgIpc) is 2.77. The van der Waals surface area contributed by atoms with Crippen molar-refractivity contribution in [3.05, 3.63) is 59.7 Å². The van der Waals surface area contributed by atoms with Crippen molar-refractivity contribution in [2.45, 2.75) is 38.9 Å². The molecule has 0 aliphatic rings. The molecule has 176 valence electrons. The predicted molar refractivity (Wildman–Crippen MR) is 113 cm³/mol. The molecule has 0 saturated carbocycles. The van der Waals surface area contributed by atoms with Crippen LogP contribution in [0.1, 0.15) is 18.1 Å². The Morgan fingerprint density at radius 2 is 1.34 bits per heavy atom. The summed E-state index contributed by atoms with van der Waals surface area (Å²) < 4.78 is 58.3. The lowest BCUT2D eigenvalue weighted by Crippen LogP contribution is -2.38. The van der Waals surface area contributed by atoms with Crippen molar-refractivity contribution in [1.29, 1.82) is 0 Å². The molecule has 2 aromatic carbocycles. The summed E-state index contributed by atoms with van der Waals surface area (Å²) in [4.78, 5) is 13.5. The number of carbonyl (C=O) groups is 1. The fourth-order valence-corrected chi connectivity index (χ4v) is 3.08. The molecule has 2 atom stereocenters. The van der Waals surface area contributed by atoms with Gasteiger partial charge in [0.1, 0.15) is 17.6 Å². The number of alkyl halides is 3. The second-order valence-corrected chi connectivity index (χ2v) is 7.12. The first kappa shape index (κ1) is 25.5. The Balaban J connectivity index is 2.16. The SMILES string of the molecule is COc1ccc(CN(Cc2ccc(OC)cc2)CC(COC(F)C(F)F)OC(C)=O)cc1. The summed E-state index contributed by atoms with van der Waals surface area (Å²) in [5.41, 5.74) is 1.91. The fourth-order valence-electron chi connectivity index (χ4n) is 3.08. The normalized spacial score (nSPS) is 13.1. The number of nitrogens with zero attached hydrogens (tertiary/aromatic N) is 1. The van der Waals surface area contributed by atoms with E-state index >= 15 is 0 Å². The minimum atomic E-state index is -3.28. The van der Waals surface area contributed by atoms with E-state index in [1.165, 1.54) is 6.92 Å². The lowest BCUT2D eigenvalue weighted by atomic mass is 10.1. The second kappa shape index (κ2) is 12.9. The molecule has 0 heterocycles. The van der Waals surface area contributed by atoms with Crippen molar-refractivity contribution >= 4 is 5.97 Å². The highest BCUT2D eigenvalue weighted by Gasteiger charge is 2.24. The molecule has 0 fully saturated rings. The Kier molecular flexibility index (Phi) is 10.3. The maximum Gasteiger partial charge on any atom is 0.303 e. The van der Waals surface area contributed by atoms with Crippen LogP contribution in [-0.2, 0) is 27.4 Å². The monoisotopic (exact) mass is 455 g/mol. The van der Waals surface area contributed by atoms with Gasteiger partial charge < -0.3 is 18.9 Å². The molecule has 32 heavy (non-hydrogen) atoms. The van der Waals surface area contributed by atoms with Crippen LogP contribution in [0.2, 0.25) is 0 Å². The third-order valence-electron chi connectivity index (χ3n) is 4.56. The Hall–Kier alpha value is -2.78. The molecule has 0 saturated heterocycles. The Morgan fingerprint density at radius 1 is 0.875 bits per heavy atom. The molecular formula is C23H28F3NO5. The van der Waals surface area contributed by atoms with Gasteiger partial charge in [0.15, 0.2) is 0 Å². The second-order valence-electron chi connectivity index (χ2n) is 7.12. The number of halogens is 3. The van der Waals surface area contributed by atoms with E-state index in [0.717, 1.165) is 11.1 Å². The van der Waals surface area contributed by atoms with E-state index < -0.39 is 31.5 Å². The number of carbonyl (C=O) groups excluding carboxylic acids is 1. The number of methoxy groups -OCH3 is 2. The fraction of sp³-hybridized carbons (Fsp3) is 0.435. The summed E-state index contributed by atoms with van der Waals surface area (Å²) in [6.07, 6.45) is -6.95. The van der Waals surface area contributed by atoms with Crippen molar-refractivity contribution in [2.24, 2.45) is 0 Å². The number of esters is 1. The average molecular weight is 455 g/mol. The van der Waals surface area contributed by atoms with Crippen molar-refractivity contribution in [3.8, 4) is 11.5 Å². The van der Waals surface area contributed by atoms with Crippen LogP contribution < -0.4 is 9.47 Å². The van der Waals surface area contributed by atoms with Gasteiger partial charge >= 0.3 is 5.97 Å². The lowest BCUT2D eigenvalue weighted by molar-refractivity contribution is -0.168. The van der Waals surface area contributed by atoms with Crippen molar-refractivity contribution in [2.75, 3.05) is 27.4 Å². The molecule has 2 aromatic rings. The number of ether oxygens (including phenoxy) is 4. The highest BCUT2D eigenvalue weighted by molar-refractivity contribution is 5.66. The predicted octanol–water partition coefficient (Wildman–Crippen LogP) is 4.22. The van der Waals surface area contributed by atoms with Crippen LogP contribution in [0.3, 0.4) is 0 Å². The van der Waals surface area contributed by atoms with Crippen LogP contribution in [0.25, 0.3) is 0 Å². The molecule has 0 aromatic heterocycles. The zero-order valence-corrected chi connectivity index (χ0v) is 18.3. The standard InChI is InChI=1S/C23H28F3NO5/c1-16(28)32-21(15-31-23(26)22(24)25)14-27(12-17-4-8-19(29-2)9-5-17)13-18-6-10-20(30-3)11-7-18/h4-11,21-23H,12-15H2,1-3H3. The summed E-state index contributed by atoms with van der Waals surface area (Å²) in [6, 6.07) is 14.9. The summed E-state index contributed by atoms with van der Waals surface area (Å²) in [5, 5.41) is 0. The van der Waals surface area contributed by atoms with Gasteiger partial charge in [0.2, 0.25) is 0 Å². The van der Waals surface area contributed by atoms with Crippen molar-refractivity contribution in [3.63, 3.8) is 0 Å². The first-order valence-corrected chi connectivity index (χ1v) is 10.00. The van der Waals surface area contributed by atoms with Gasteiger partial charge in [-0.1, -0.05) is 24.3 Å². The molecule has 2 rings (SSSR count). The van der Waals surface area contributed by atoms with E-state index in [4.69, 9.17) is 14.2 Å². The van der Waals surface area contributed by atoms with Gasteiger partial charge in [-0.25, -0.2) is 13.2 Å². The number of hydrogen-bond acceptors (Lipinski definition) is 6. The maximum atomic E-state index is 13.2. The molecule has 0 bridgehead atoms. The number of benzene rings is 2. The highest BCUT2D eigenvalue weighted by atomic mass is 19.3. The van der Waals surface area contributed by atoms with Crippen LogP contribution in [0, 0.1) is 0 Å². The molecule has 0 aliphatic heterocycles. The zero-order chi connectivity index (χ0) is 23.5. The van der Waals surface area contributed by atoms with E-state index in [2.05, 4.69) is 4.74 Å². The van der Waals surface area contributed by atoms with Gasteiger partial charge in [0.25, 0.3) is 12.8 Å². The van der Waals surface area contributed by atoms with Gasteiger partial charge in [0.05, 0.1) is 20.8 Å². The Labute approximate surface area is 185 Å². The van der Waals surface area contributed by atoms with Crippen molar-refractivity contribution in [1.82, 2.24) is 4.90 Å². The van der Waals surface area contributed by atoms with Crippen LogP contribution in [0.5, 0.6) is 11.5 Å². The minimum absolute atomic E-state index is 0.146. The smallest absolute Gasteiger partial charge is 0.303 e. The molecule has 0 spiro atoms. The first-order valence-electron chi connectivity index (χ1n) is 10.00. The van der Waals surface area contributed by atoms with E-state index in [1.54, 1.807) is 14.2 Å². The third kappa shape index (κ3) is 8.76. The van der Waals surface area contributed by atoms with Crippen LogP contribution in [0.4, 0.5) is 13.2 Å². The van der Waals surface area contributed by atoms with E-state index in [-0.39, 0.29) is 6.54 Å². The maximum absolute atomic E-state index is 13.2. The summed E-state index contributed by atoms with van der Waals surface area (Å²) >= 11 is 0. The molecule has 6 nitrogen and oxygen atoms in total. The molecule has 2 unspecified atom stereocenters. The van der Waals surface area contributed by atoms with Gasteiger partial charge in [-0.15, -0.1) is 0 Å². The van der Waals surface area contributed by atoms with Crippen molar-refractivity contribution < 1.29 is 36.9 Å². The largest absolute Gasteiger partial charge is 0.497 e. The van der Waals surface area contributed by atoms with Gasteiger partial charge in [-0.3, -0.25) is 9.69 Å². The summed E-state index contributed by atoms with van der Waals surface area (Å²) in [6.45, 7) is 1.77. The molecular weight excluding hydrogens is 427 g/mol. The molecule has 0 aliphatic carbocycles. The van der Waals surface area contributed by atoms with Crippen LogP contribution >= 0.6 is 0 Å². The lowest BCUT2D eigenvalue weighted by Gasteiger charge is -2.28. The molecule has 0 N–H and O–H groups in total. The minimum Gasteiger partial charge on any atom is -0.497 e. The zero-order valence-electron chi connectivity index (χ0n) is 18.3. The van der Waals surface area contributed by atoms with E-state index in [1.807, 2.05) is 53.4 Å². The highest BCUT2D eigenvalue weighted by Crippen LogP contribution is 2.18. The topological polar surface area (TPSA) is 57.2 Å².